The van der Waals surface area contributed by atoms with Crippen molar-refractivity contribution < 1.29 is 13.2 Å². The van der Waals surface area contributed by atoms with Crippen molar-refractivity contribution in [3.8, 4) is 17.2 Å². The van der Waals surface area contributed by atoms with Gasteiger partial charge in [0.15, 0.2) is 0 Å². The fourth-order valence-electron chi connectivity index (χ4n) is 4.10. The van der Waals surface area contributed by atoms with Crippen molar-refractivity contribution >= 4 is 0 Å². The average molecular weight is 397 g/mol. The second-order valence-electron chi connectivity index (χ2n) is 7.85. The van der Waals surface area contributed by atoms with E-state index in [0.29, 0.717) is 17.9 Å². The van der Waals surface area contributed by atoms with Gasteiger partial charge in [-0.2, -0.15) is 5.26 Å². The second kappa shape index (κ2) is 10.3. The van der Waals surface area contributed by atoms with Crippen LogP contribution in [-0.2, 0) is 6.42 Å². The van der Waals surface area contributed by atoms with E-state index in [0.717, 1.165) is 24.3 Å². The van der Waals surface area contributed by atoms with Gasteiger partial charge in [-0.05, 0) is 85.6 Å². The van der Waals surface area contributed by atoms with E-state index in [1.54, 1.807) is 6.07 Å². The Labute approximate surface area is 170 Å². The van der Waals surface area contributed by atoms with Crippen LogP contribution in [0.25, 0.3) is 11.1 Å². The van der Waals surface area contributed by atoms with Crippen LogP contribution in [0, 0.1) is 34.8 Å². The standard InChI is InChI=1S/C25H26F3N/c26-14-2-1-3-18-4-6-19(7-5-18)8-9-20-10-12-21(13-11-20)22-15-24(27)23(17-29)25(28)16-22/h1,3,10-13,15-16,18-19H,2,4-9,14H2/t18-,19-. The van der Waals surface area contributed by atoms with Crippen LogP contribution in [-0.4, -0.2) is 6.67 Å². The molecule has 0 aliphatic heterocycles. The van der Waals surface area contributed by atoms with Gasteiger partial charge < -0.3 is 0 Å². The SMILES string of the molecule is N#Cc1c(F)cc(-c2ccc(CC[C@H]3CC[C@H](C=CCCF)CC3)cc2)cc1F. The van der Waals surface area contributed by atoms with E-state index in [1.807, 2.05) is 30.3 Å². The molecule has 1 nitrogen and oxygen atoms in total. The largest absolute Gasteiger partial charge is 0.251 e. The quantitative estimate of drug-likeness (QED) is 0.455. The van der Waals surface area contributed by atoms with Crippen LogP contribution in [0.5, 0.6) is 0 Å². The van der Waals surface area contributed by atoms with Crippen molar-refractivity contribution in [2.75, 3.05) is 6.67 Å². The summed E-state index contributed by atoms with van der Waals surface area (Å²) < 4.78 is 39.8. The van der Waals surface area contributed by atoms with E-state index in [4.69, 9.17) is 5.26 Å². The summed E-state index contributed by atoms with van der Waals surface area (Å²) in [5.41, 5.74) is 1.84. The Kier molecular flexibility index (Phi) is 7.52. The van der Waals surface area contributed by atoms with E-state index in [-0.39, 0.29) is 6.67 Å². The molecule has 1 saturated carbocycles. The van der Waals surface area contributed by atoms with E-state index >= 15 is 0 Å². The van der Waals surface area contributed by atoms with Gasteiger partial charge in [0.05, 0.1) is 6.67 Å². The molecule has 2 aromatic rings. The molecule has 29 heavy (non-hydrogen) atoms. The Morgan fingerprint density at radius 3 is 2.21 bits per heavy atom. The van der Waals surface area contributed by atoms with Crippen molar-refractivity contribution in [2.45, 2.75) is 44.9 Å². The van der Waals surface area contributed by atoms with Crippen LogP contribution in [0.4, 0.5) is 13.2 Å². The van der Waals surface area contributed by atoms with E-state index in [9.17, 15) is 13.2 Å². The summed E-state index contributed by atoms with van der Waals surface area (Å²) in [6, 6.07) is 11.7. The first-order valence-electron chi connectivity index (χ1n) is 10.3. The minimum atomic E-state index is -0.832. The molecule has 0 bridgehead atoms. The summed E-state index contributed by atoms with van der Waals surface area (Å²) in [5, 5.41) is 8.78. The molecule has 0 N–H and O–H groups in total. The summed E-state index contributed by atoms with van der Waals surface area (Å²) >= 11 is 0. The molecule has 0 atom stereocenters. The Hall–Kier alpha value is -2.54. The number of alkyl halides is 1. The predicted molar refractivity (Wildman–Crippen MR) is 110 cm³/mol. The van der Waals surface area contributed by atoms with E-state index in [1.165, 1.54) is 43.4 Å². The summed E-state index contributed by atoms with van der Waals surface area (Å²) in [6.07, 6.45) is 11.6. The van der Waals surface area contributed by atoms with Gasteiger partial charge in [-0.1, -0.05) is 36.4 Å². The lowest BCUT2D eigenvalue weighted by molar-refractivity contribution is 0.296. The molecule has 1 aliphatic carbocycles. The summed E-state index contributed by atoms with van der Waals surface area (Å²) in [6.45, 7) is -0.278. The lowest BCUT2D eigenvalue weighted by Gasteiger charge is -2.26. The zero-order chi connectivity index (χ0) is 20.6. The molecule has 4 heteroatoms. The van der Waals surface area contributed by atoms with Crippen LogP contribution < -0.4 is 0 Å². The Morgan fingerprint density at radius 2 is 1.62 bits per heavy atom. The molecule has 152 valence electrons. The molecule has 0 saturated heterocycles. The van der Waals surface area contributed by atoms with Crippen LogP contribution in [0.3, 0.4) is 0 Å². The van der Waals surface area contributed by atoms with Crippen molar-refractivity contribution in [3.63, 3.8) is 0 Å². The topological polar surface area (TPSA) is 23.8 Å². The molecule has 0 unspecified atom stereocenters. The Bertz CT molecular complexity index is 849. The van der Waals surface area contributed by atoms with Gasteiger partial charge in [0.1, 0.15) is 23.3 Å². The first-order chi connectivity index (χ1) is 14.1. The first kappa shape index (κ1) is 21.2. The molecule has 1 fully saturated rings. The maximum absolute atomic E-state index is 13.8. The van der Waals surface area contributed by atoms with Gasteiger partial charge in [0, 0.05) is 0 Å². The molecular formula is C25H26F3N. The van der Waals surface area contributed by atoms with Gasteiger partial charge in [-0.25, -0.2) is 8.78 Å². The second-order valence-corrected chi connectivity index (χ2v) is 7.85. The fourth-order valence-corrected chi connectivity index (χ4v) is 4.10. The average Bonchev–Trinajstić information content (AvgIpc) is 2.73. The lowest BCUT2D eigenvalue weighted by Crippen LogP contribution is -2.13. The van der Waals surface area contributed by atoms with Crippen molar-refractivity contribution in [1.82, 2.24) is 0 Å². The normalized spacial score (nSPS) is 19.4. The summed E-state index contributed by atoms with van der Waals surface area (Å²) in [5.74, 6) is -0.337. The van der Waals surface area contributed by atoms with Gasteiger partial charge >= 0.3 is 0 Å². The molecule has 3 rings (SSSR count). The summed E-state index contributed by atoms with van der Waals surface area (Å²) in [4.78, 5) is 0. The highest BCUT2D eigenvalue weighted by Gasteiger charge is 2.19. The highest BCUT2D eigenvalue weighted by molar-refractivity contribution is 5.65. The third kappa shape index (κ3) is 5.73. The van der Waals surface area contributed by atoms with Crippen LogP contribution >= 0.6 is 0 Å². The van der Waals surface area contributed by atoms with Crippen LogP contribution in [0.2, 0.25) is 0 Å². The highest BCUT2D eigenvalue weighted by Crippen LogP contribution is 2.32. The zero-order valence-corrected chi connectivity index (χ0v) is 16.5. The molecule has 0 amide bonds. The van der Waals surface area contributed by atoms with Crippen molar-refractivity contribution in [2.24, 2.45) is 11.8 Å². The molecule has 1 aliphatic rings. The predicted octanol–water partition coefficient (Wildman–Crippen LogP) is 7.16. The van der Waals surface area contributed by atoms with Gasteiger partial charge in [0.25, 0.3) is 0 Å². The minimum absolute atomic E-state index is 0.278. The third-order valence-electron chi connectivity index (χ3n) is 5.86. The number of rotatable bonds is 7. The number of hydrogen-bond acceptors (Lipinski definition) is 1. The number of hydrogen-bond donors (Lipinski definition) is 0. The molecular weight excluding hydrogens is 371 g/mol. The monoisotopic (exact) mass is 397 g/mol. The van der Waals surface area contributed by atoms with Gasteiger partial charge in [-0.15, -0.1) is 0 Å². The minimum Gasteiger partial charge on any atom is -0.251 e. The Balaban J connectivity index is 1.52. The number of nitrogens with zero attached hydrogens (tertiary/aromatic N) is 1. The number of aryl methyl sites for hydroxylation is 1. The van der Waals surface area contributed by atoms with Crippen LogP contribution in [0.15, 0.2) is 48.6 Å². The maximum Gasteiger partial charge on any atom is 0.144 e. The van der Waals surface area contributed by atoms with Crippen molar-refractivity contribution in [3.05, 3.63) is 71.3 Å². The van der Waals surface area contributed by atoms with Crippen LogP contribution in [0.1, 0.15) is 49.7 Å². The molecule has 0 aromatic heterocycles. The third-order valence-corrected chi connectivity index (χ3v) is 5.86. The smallest absolute Gasteiger partial charge is 0.144 e. The lowest BCUT2D eigenvalue weighted by atomic mass is 9.79. The first-order valence-corrected chi connectivity index (χ1v) is 10.3. The fraction of sp³-hybridized carbons (Fsp3) is 0.400. The zero-order valence-electron chi connectivity index (χ0n) is 16.5. The number of allylic oxidation sites excluding steroid dienone is 2. The summed E-state index contributed by atoms with van der Waals surface area (Å²) in [7, 11) is 0. The van der Waals surface area contributed by atoms with E-state index in [2.05, 4.69) is 6.08 Å². The van der Waals surface area contributed by atoms with Gasteiger partial charge in [-0.3, -0.25) is 4.39 Å². The highest BCUT2D eigenvalue weighted by atomic mass is 19.1. The molecule has 0 radical (unpaired) electrons. The van der Waals surface area contributed by atoms with Gasteiger partial charge in [0.2, 0.25) is 0 Å². The van der Waals surface area contributed by atoms with Crippen molar-refractivity contribution in [1.29, 1.82) is 5.26 Å². The molecule has 0 heterocycles. The number of halogens is 3. The molecule has 0 spiro atoms. The maximum atomic E-state index is 13.8. The Morgan fingerprint density at radius 1 is 0.966 bits per heavy atom. The number of benzene rings is 2. The number of nitriles is 1. The molecule has 2 aromatic carbocycles. The van der Waals surface area contributed by atoms with E-state index < -0.39 is 17.2 Å².